The molecule has 0 heterocycles. The zero-order chi connectivity index (χ0) is 22.8. The monoisotopic (exact) mass is 442 g/mol. The van der Waals surface area contributed by atoms with E-state index in [0.29, 0.717) is 27.9 Å². The molecule has 8 atom stereocenters. The van der Waals surface area contributed by atoms with Crippen LogP contribution in [0.5, 0.6) is 0 Å². The lowest BCUT2D eigenvalue weighted by molar-refractivity contribution is -0.0532. The third-order valence-electron chi connectivity index (χ3n) is 11.4. The zero-order valence-electron chi connectivity index (χ0n) is 21.9. The molecule has 0 N–H and O–H groups in total. The van der Waals surface area contributed by atoms with Crippen molar-refractivity contribution < 1.29 is 4.43 Å². The molecule has 1 nitrogen and oxygen atoms in total. The molecule has 0 aliphatic heterocycles. The molecule has 4 aliphatic rings. The Kier molecular flexibility index (Phi) is 6.04. The van der Waals surface area contributed by atoms with Gasteiger partial charge in [-0.2, -0.15) is 0 Å². The van der Waals surface area contributed by atoms with Crippen LogP contribution in [0, 0.1) is 40.4 Å². The van der Waals surface area contributed by atoms with Crippen LogP contribution in [0.2, 0.25) is 18.1 Å². The normalized spacial score (nSPS) is 44.0. The second-order valence-electron chi connectivity index (χ2n) is 13.8. The maximum atomic E-state index is 6.90. The fourth-order valence-electron chi connectivity index (χ4n) is 8.39. The van der Waals surface area contributed by atoms with Crippen LogP contribution in [0.15, 0.2) is 24.3 Å². The highest BCUT2D eigenvalue weighted by molar-refractivity contribution is 6.74. The zero-order valence-corrected chi connectivity index (χ0v) is 22.9. The van der Waals surface area contributed by atoms with Gasteiger partial charge < -0.3 is 4.43 Å². The lowest BCUT2D eigenvalue weighted by Gasteiger charge is -2.59. The minimum absolute atomic E-state index is 0.301. The summed E-state index contributed by atoms with van der Waals surface area (Å²) in [5.74, 6) is 4.25. The van der Waals surface area contributed by atoms with Crippen molar-refractivity contribution in [1.29, 1.82) is 0 Å². The van der Waals surface area contributed by atoms with Crippen LogP contribution in [0.1, 0.15) is 92.9 Å². The van der Waals surface area contributed by atoms with Gasteiger partial charge in [0.25, 0.3) is 0 Å². The van der Waals surface area contributed by atoms with Gasteiger partial charge in [0.05, 0.1) is 0 Å². The first kappa shape index (κ1) is 23.8. The first-order valence-electron chi connectivity index (χ1n) is 13.3. The summed E-state index contributed by atoms with van der Waals surface area (Å²) in [5.41, 5.74) is 2.74. The number of fused-ring (bicyclic) bond motifs is 5. The molecular weight excluding hydrogens is 392 g/mol. The van der Waals surface area contributed by atoms with Crippen LogP contribution in [0.3, 0.4) is 0 Å². The van der Waals surface area contributed by atoms with Gasteiger partial charge in [-0.15, -0.1) is 6.58 Å². The van der Waals surface area contributed by atoms with Crippen molar-refractivity contribution in [2.45, 2.75) is 117 Å². The highest BCUT2D eigenvalue weighted by Crippen LogP contribution is 2.67. The second-order valence-corrected chi connectivity index (χ2v) is 18.6. The van der Waals surface area contributed by atoms with E-state index in [9.17, 15) is 0 Å². The van der Waals surface area contributed by atoms with E-state index >= 15 is 0 Å². The second kappa shape index (κ2) is 7.86. The van der Waals surface area contributed by atoms with E-state index in [0.717, 1.165) is 23.7 Å². The Bertz CT molecular complexity index is 730. The summed E-state index contributed by atoms with van der Waals surface area (Å²) in [5, 5.41) is 0.301. The smallest absolute Gasteiger partial charge is 0.192 e. The van der Waals surface area contributed by atoms with Gasteiger partial charge in [-0.3, -0.25) is 0 Å². The van der Waals surface area contributed by atoms with Crippen LogP contribution in [-0.4, -0.2) is 14.4 Å². The van der Waals surface area contributed by atoms with Gasteiger partial charge in [-0.1, -0.05) is 59.3 Å². The van der Waals surface area contributed by atoms with Crippen molar-refractivity contribution in [1.82, 2.24) is 0 Å². The Morgan fingerprint density at radius 1 is 1.10 bits per heavy atom. The fourth-order valence-corrected chi connectivity index (χ4v) is 9.78. The van der Waals surface area contributed by atoms with Crippen molar-refractivity contribution >= 4 is 8.32 Å². The topological polar surface area (TPSA) is 9.23 Å². The van der Waals surface area contributed by atoms with Gasteiger partial charge in [0.15, 0.2) is 8.32 Å². The van der Waals surface area contributed by atoms with Crippen LogP contribution in [-0.2, 0) is 4.43 Å². The average Bonchev–Trinajstić information content (AvgIpc) is 3.04. The van der Waals surface area contributed by atoms with Crippen molar-refractivity contribution in [3.8, 4) is 0 Å². The lowest BCUT2D eigenvalue weighted by atomic mass is 9.47. The summed E-state index contributed by atoms with van der Waals surface area (Å²) >= 11 is 0. The Labute approximate surface area is 194 Å². The van der Waals surface area contributed by atoms with Crippen LogP contribution in [0.25, 0.3) is 0 Å². The molecule has 176 valence electrons. The summed E-state index contributed by atoms with van der Waals surface area (Å²) in [6, 6.07) is 0. The molecule has 4 rings (SSSR count). The molecule has 0 aromatic rings. The molecule has 0 aromatic carbocycles. The van der Waals surface area contributed by atoms with E-state index < -0.39 is 8.32 Å². The predicted octanol–water partition coefficient (Wildman–Crippen LogP) is 8.78. The van der Waals surface area contributed by atoms with Gasteiger partial charge in [0.2, 0.25) is 0 Å². The molecule has 0 unspecified atom stereocenters. The number of hydrogen-bond acceptors (Lipinski definition) is 1. The Morgan fingerprint density at radius 2 is 1.81 bits per heavy atom. The molecule has 0 spiro atoms. The molecule has 4 aliphatic carbocycles. The van der Waals surface area contributed by atoms with E-state index in [1.165, 1.54) is 51.4 Å². The molecule has 0 saturated heterocycles. The lowest BCUT2D eigenvalue weighted by Crippen LogP contribution is -2.52. The molecule has 0 bridgehead atoms. The van der Waals surface area contributed by atoms with E-state index in [1.54, 1.807) is 5.57 Å². The van der Waals surface area contributed by atoms with Crippen molar-refractivity contribution in [2.24, 2.45) is 40.4 Å². The maximum absolute atomic E-state index is 6.90. The molecule has 0 aromatic heterocycles. The van der Waals surface area contributed by atoms with E-state index in [4.69, 9.17) is 4.43 Å². The van der Waals surface area contributed by atoms with Gasteiger partial charge in [-0.05, 0) is 110 Å². The number of allylic oxidation sites excluding steroid dienone is 2. The van der Waals surface area contributed by atoms with Crippen LogP contribution < -0.4 is 0 Å². The Balaban J connectivity index is 1.53. The summed E-state index contributed by atoms with van der Waals surface area (Å²) in [6.45, 7) is 23.8. The quantitative estimate of drug-likeness (QED) is 0.312. The van der Waals surface area contributed by atoms with Crippen molar-refractivity contribution in [3.63, 3.8) is 0 Å². The van der Waals surface area contributed by atoms with E-state index in [1.807, 2.05) is 0 Å². The highest BCUT2D eigenvalue weighted by atomic mass is 28.4. The summed E-state index contributed by atoms with van der Waals surface area (Å²) in [6.07, 6.45) is 16.3. The fraction of sp³-hybridized carbons (Fsp3) is 0.862. The van der Waals surface area contributed by atoms with E-state index in [2.05, 4.69) is 73.4 Å². The average molecular weight is 443 g/mol. The third kappa shape index (κ3) is 3.76. The molecule has 0 radical (unpaired) electrons. The molecule has 31 heavy (non-hydrogen) atoms. The maximum Gasteiger partial charge on any atom is 0.192 e. The molecule has 0 amide bonds. The summed E-state index contributed by atoms with van der Waals surface area (Å²) in [7, 11) is -1.69. The third-order valence-corrected chi connectivity index (χ3v) is 15.9. The van der Waals surface area contributed by atoms with Gasteiger partial charge in [-0.25, -0.2) is 0 Å². The Hall–Kier alpha value is -0.343. The van der Waals surface area contributed by atoms with Gasteiger partial charge in [0, 0.05) is 6.10 Å². The SMILES string of the molecule is C=C[C@H](C)[C@H]1CC[C@H]2[C@@H]3CC=C4C[C@@H](O[Si](C)(C)C(C)(C)C)CC[C@]4(C)[C@H]3CC[C@]12C. The first-order valence-corrected chi connectivity index (χ1v) is 16.2. The molecular formula is C29H50OSi. The summed E-state index contributed by atoms with van der Waals surface area (Å²) < 4.78 is 6.90. The van der Waals surface area contributed by atoms with Crippen LogP contribution in [0.4, 0.5) is 0 Å². The predicted molar refractivity (Wildman–Crippen MR) is 137 cm³/mol. The van der Waals surface area contributed by atoms with E-state index in [-0.39, 0.29) is 0 Å². The minimum atomic E-state index is -1.69. The van der Waals surface area contributed by atoms with Crippen molar-refractivity contribution in [3.05, 3.63) is 24.3 Å². The highest BCUT2D eigenvalue weighted by Gasteiger charge is 2.59. The molecule has 3 fully saturated rings. The first-order chi connectivity index (χ1) is 14.3. The van der Waals surface area contributed by atoms with Crippen molar-refractivity contribution in [2.75, 3.05) is 0 Å². The largest absolute Gasteiger partial charge is 0.414 e. The minimum Gasteiger partial charge on any atom is -0.414 e. The van der Waals surface area contributed by atoms with Gasteiger partial charge in [0.1, 0.15) is 0 Å². The Morgan fingerprint density at radius 3 is 2.45 bits per heavy atom. The number of hydrogen-bond donors (Lipinski definition) is 0. The molecule has 3 saturated carbocycles. The molecule has 2 heteroatoms. The summed E-state index contributed by atoms with van der Waals surface area (Å²) in [4.78, 5) is 0. The standard InChI is InChI=1S/C29H50OSi/c1-10-20(2)24-13-14-25-23-12-11-21-19-22(30-31(8,9)27(3,4)5)15-17-28(21,6)26(23)16-18-29(24,25)7/h10-11,20,22-26H,1,12-19H2,2-9H3/t20-,22-,23-,24+,25-,26-,28-,29+/m0/s1. The number of rotatable bonds is 4. The van der Waals surface area contributed by atoms with Gasteiger partial charge >= 0.3 is 0 Å². The van der Waals surface area contributed by atoms with Crippen LogP contribution >= 0.6 is 0 Å².